The molecule has 0 aromatic heterocycles. The third-order valence-electron chi connectivity index (χ3n) is 6.10. The van der Waals surface area contributed by atoms with Crippen LogP contribution in [0, 0.1) is 5.92 Å². The van der Waals surface area contributed by atoms with Crippen molar-refractivity contribution in [2.24, 2.45) is 5.92 Å². The Hall–Kier alpha value is -3.40. The van der Waals surface area contributed by atoms with Crippen LogP contribution in [0.3, 0.4) is 0 Å². The molecule has 1 aliphatic heterocycles. The predicted octanol–water partition coefficient (Wildman–Crippen LogP) is 2.22. The number of rotatable bonds is 5. The number of benzene rings is 2. The van der Waals surface area contributed by atoms with Crippen molar-refractivity contribution in [3.05, 3.63) is 54.6 Å². The van der Waals surface area contributed by atoms with Gasteiger partial charge in [0.1, 0.15) is 5.54 Å². The van der Waals surface area contributed by atoms with Gasteiger partial charge in [-0.2, -0.15) is 0 Å². The monoisotopic (exact) mass is 456 g/mol. The van der Waals surface area contributed by atoms with E-state index in [1.165, 1.54) is 23.5 Å². The quantitative estimate of drug-likeness (QED) is 0.595. The van der Waals surface area contributed by atoms with Gasteiger partial charge in [-0.25, -0.2) is 13.2 Å². The Morgan fingerprint density at radius 2 is 1.75 bits per heavy atom. The molecular weight excluding hydrogens is 432 g/mol. The summed E-state index contributed by atoms with van der Waals surface area (Å²) in [6, 6.07) is 14.3. The lowest BCUT2D eigenvalue weighted by Gasteiger charge is -2.33. The fourth-order valence-electron chi connectivity index (χ4n) is 4.17. The minimum absolute atomic E-state index is 0.0644. The number of hydrogen-bond donors (Lipinski definition) is 3. The van der Waals surface area contributed by atoms with Gasteiger partial charge in [-0.1, -0.05) is 24.3 Å². The highest BCUT2D eigenvalue weighted by atomic mass is 32.2. The molecule has 3 N–H and O–H groups in total. The number of nitrogens with zero attached hydrogens (tertiary/aromatic N) is 1. The van der Waals surface area contributed by atoms with Crippen LogP contribution in [0.15, 0.2) is 59.5 Å². The van der Waals surface area contributed by atoms with E-state index in [2.05, 4.69) is 16.0 Å². The maximum atomic E-state index is 13.0. The van der Waals surface area contributed by atoms with E-state index in [1.807, 2.05) is 0 Å². The zero-order valence-electron chi connectivity index (χ0n) is 17.5. The minimum atomic E-state index is -3.80. The molecule has 1 saturated carbocycles. The number of hydrogen-bond acceptors (Lipinski definition) is 5. The lowest BCUT2D eigenvalue weighted by Crippen LogP contribution is -2.50. The zero-order chi connectivity index (χ0) is 22.9. The van der Waals surface area contributed by atoms with Crippen molar-refractivity contribution in [1.29, 1.82) is 0 Å². The van der Waals surface area contributed by atoms with Crippen LogP contribution < -0.4 is 20.3 Å². The van der Waals surface area contributed by atoms with Crippen molar-refractivity contribution in [3.63, 3.8) is 0 Å². The number of amides is 4. The summed E-state index contributed by atoms with van der Waals surface area (Å²) in [5.74, 6) is -0.921. The molecule has 1 aliphatic carbocycles. The highest BCUT2D eigenvalue weighted by Gasteiger charge is 2.48. The Bertz CT molecular complexity index is 1160. The largest absolute Gasteiger partial charge is 0.326 e. The van der Waals surface area contributed by atoms with Crippen molar-refractivity contribution in [3.8, 4) is 0 Å². The van der Waals surface area contributed by atoms with Crippen LogP contribution in [0.25, 0.3) is 0 Å². The summed E-state index contributed by atoms with van der Waals surface area (Å²) < 4.78 is 27.2. The lowest BCUT2D eigenvalue weighted by molar-refractivity contribution is -0.128. The molecule has 0 unspecified atom stereocenters. The zero-order valence-corrected chi connectivity index (χ0v) is 18.3. The van der Waals surface area contributed by atoms with Crippen LogP contribution >= 0.6 is 0 Å². The van der Waals surface area contributed by atoms with E-state index in [0.717, 1.165) is 0 Å². The molecule has 1 spiro atoms. The van der Waals surface area contributed by atoms with Crippen LogP contribution in [-0.4, -0.2) is 38.8 Å². The van der Waals surface area contributed by atoms with Crippen molar-refractivity contribution in [1.82, 2.24) is 10.6 Å². The first kappa shape index (κ1) is 21.8. The maximum Gasteiger partial charge on any atom is 0.322 e. The maximum absolute atomic E-state index is 13.0. The first-order valence-corrected chi connectivity index (χ1v) is 11.7. The van der Waals surface area contributed by atoms with Crippen LogP contribution in [-0.2, 0) is 19.6 Å². The molecule has 0 atom stereocenters. The van der Waals surface area contributed by atoms with E-state index >= 15 is 0 Å². The SMILES string of the molecule is CN(c1ccccc1)S(=O)(=O)c1cccc(NC(=O)C2CCC3(CC2)NC(=O)NC3=O)c1. The van der Waals surface area contributed by atoms with E-state index in [9.17, 15) is 22.8 Å². The highest BCUT2D eigenvalue weighted by molar-refractivity contribution is 7.92. The molecular formula is C22H24N4O5S. The minimum Gasteiger partial charge on any atom is -0.326 e. The summed E-state index contributed by atoms with van der Waals surface area (Å²) in [7, 11) is -2.33. The summed E-state index contributed by atoms with van der Waals surface area (Å²) in [5, 5.41) is 7.72. The van der Waals surface area contributed by atoms with Crippen molar-refractivity contribution in [2.75, 3.05) is 16.7 Å². The van der Waals surface area contributed by atoms with Gasteiger partial charge in [0.05, 0.1) is 10.6 Å². The van der Waals surface area contributed by atoms with E-state index in [0.29, 0.717) is 37.1 Å². The number of urea groups is 1. The second kappa shape index (κ2) is 8.27. The topological polar surface area (TPSA) is 125 Å². The second-order valence-electron chi connectivity index (χ2n) is 8.09. The summed E-state index contributed by atoms with van der Waals surface area (Å²) in [6.45, 7) is 0. The average molecular weight is 457 g/mol. The van der Waals surface area contributed by atoms with Gasteiger partial charge in [0, 0.05) is 18.7 Å². The third-order valence-corrected chi connectivity index (χ3v) is 7.89. The van der Waals surface area contributed by atoms with Gasteiger partial charge in [0.25, 0.3) is 15.9 Å². The lowest BCUT2D eigenvalue weighted by atomic mass is 9.76. The van der Waals surface area contributed by atoms with Crippen molar-refractivity contribution < 1.29 is 22.8 Å². The molecule has 9 nitrogen and oxygen atoms in total. The number of anilines is 2. The number of nitrogens with one attached hydrogen (secondary N) is 3. The van der Waals surface area contributed by atoms with Gasteiger partial charge in [-0.3, -0.25) is 19.2 Å². The normalized spacial score (nSPS) is 22.8. The molecule has 10 heteroatoms. The van der Waals surface area contributed by atoms with E-state index in [1.54, 1.807) is 42.5 Å². The van der Waals surface area contributed by atoms with Gasteiger partial charge < -0.3 is 10.6 Å². The molecule has 2 aliphatic rings. The Kier molecular flexibility index (Phi) is 5.64. The fourth-order valence-corrected chi connectivity index (χ4v) is 5.41. The van der Waals surface area contributed by atoms with Gasteiger partial charge in [-0.05, 0) is 56.0 Å². The molecule has 2 aromatic carbocycles. The summed E-state index contributed by atoms with van der Waals surface area (Å²) >= 11 is 0. The molecule has 168 valence electrons. The number of para-hydroxylation sites is 1. The Labute approximate surface area is 186 Å². The smallest absolute Gasteiger partial charge is 0.322 e. The third kappa shape index (κ3) is 4.05. The first-order chi connectivity index (χ1) is 15.2. The van der Waals surface area contributed by atoms with Crippen LogP contribution in [0.4, 0.5) is 16.2 Å². The van der Waals surface area contributed by atoms with Gasteiger partial charge in [0.15, 0.2) is 0 Å². The summed E-state index contributed by atoms with van der Waals surface area (Å²) in [6.07, 6.45) is 1.63. The fraction of sp³-hybridized carbons (Fsp3) is 0.318. The van der Waals surface area contributed by atoms with E-state index < -0.39 is 21.6 Å². The number of carbonyl (C=O) groups excluding carboxylic acids is 3. The Balaban J connectivity index is 1.44. The highest BCUT2D eigenvalue weighted by Crippen LogP contribution is 2.35. The van der Waals surface area contributed by atoms with Crippen LogP contribution in [0.1, 0.15) is 25.7 Å². The molecule has 0 bridgehead atoms. The number of imide groups is 1. The second-order valence-corrected chi connectivity index (χ2v) is 10.1. The molecule has 2 aromatic rings. The Morgan fingerprint density at radius 3 is 2.38 bits per heavy atom. The Morgan fingerprint density at radius 1 is 1.06 bits per heavy atom. The predicted molar refractivity (Wildman–Crippen MR) is 118 cm³/mol. The molecule has 4 rings (SSSR count). The number of sulfonamides is 1. The van der Waals surface area contributed by atoms with E-state index in [-0.39, 0.29) is 22.6 Å². The summed E-state index contributed by atoms with van der Waals surface area (Å²) in [5.41, 5.74) is -0.0185. The van der Waals surface area contributed by atoms with Gasteiger partial charge >= 0.3 is 6.03 Å². The molecule has 0 radical (unpaired) electrons. The van der Waals surface area contributed by atoms with Crippen LogP contribution in [0.2, 0.25) is 0 Å². The number of carbonyl (C=O) groups is 3. The van der Waals surface area contributed by atoms with E-state index in [4.69, 9.17) is 0 Å². The molecule has 32 heavy (non-hydrogen) atoms. The molecule has 1 heterocycles. The molecule has 1 saturated heterocycles. The molecule has 2 fully saturated rings. The standard InChI is InChI=1S/C22H24N4O5S/c1-26(17-7-3-2-4-8-17)32(30,31)18-9-5-6-16(14-18)23-19(27)15-10-12-22(13-11-15)20(28)24-21(29)25-22/h2-9,14-15H,10-13H2,1H3,(H,23,27)(H2,24,25,28,29). The average Bonchev–Trinajstić information content (AvgIpc) is 3.06. The molecule has 4 amide bonds. The summed E-state index contributed by atoms with van der Waals surface area (Å²) in [4.78, 5) is 36.4. The van der Waals surface area contributed by atoms with Crippen LogP contribution in [0.5, 0.6) is 0 Å². The van der Waals surface area contributed by atoms with Gasteiger partial charge in [0.2, 0.25) is 5.91 Å². The van der Waals surface area contributed by atoms with Crippen molar-refractivity contribution in [2.45, 2.75) is 36.1 Å². The van der Waals surface area contributed by atoms with Gasteiger partial charge in [-0.15, -0.1) is 0 Å². The first-order valence-electron chi connectivity index (χ1n) is 10.3. The van der Waals surface area contributed by atoms with Crippen molar-refractivity contribution >= 4 is 39.2 Å².